The fourth-order valence-electron chi connectivity index (χ4n) is 9.50. The van der Waals surface area contributed by atoms with E-state index in [0.29, 0.717) is 19.3 Å². The van der Waals surface area contributed by atoms with E-state index >= 15 is 0 Å². The molecule has 0 aromatic heterocycles. The van der Waals surface area contributed by atoms with Crippen LogP contribution in [0.25, 0.3) is 0 Å². The summed E-state index contributed by atoms with van der Waals surface area (Å²) in [5.74, 6) is -0.911. The van der Waals surface area contributed by atoms with Gasteiger partial charge in [0, 0.05) is 19.3 Å². The number of esters is 3. The average Bonchev–Trinajstić information content (AvgIpc) is 3.45. The maximum absolute atomic E-state index is 12.9. The van der Waals surface area contributed by atoms with Crippen LogP contribution in [0.15, 0.2) is 97.2 Å². The predicted octanol–water partition coefficient (Wildman–Crippen LogP) is 23.2. The first kappa shape index (κ1) is 75.3. The predicted molar refractivity (Wildman–Crippen MR) is 344 cm³/mol. The van der Waals surface area contributed by atoms with Gasteiger partial charge in [0.2, 0.25) is 0 Å². The molecule has 0 aliphatic heterocycles. The highest BCUT2D eigenvalue weighted by Crippen LogP contribution is 2.16. The number of rotatable bonds is 61. The van der Waals surface area contributed by atoms with Crippen molar-refractivity contribution in [3.63, 3.8) is 0 Å². The third-order valence-electron chi connectivity index (χ3n) is 14.5. The molecule has 0 saturated heterocycles. The summed E-state index contributed by atoms with van der Waals surface area (Å²) in [4.78, 5) is 38.4. The van der Waals surface area contributed by atoms with E-state index in [2.05, 4.69) is 118 Å². The van der Waals surface area contributed by atoms with Crippen molar-refractivity contribution >= 4 is 17.9 Å². The maximum Gasteiger partial charge on any atom is 0.306 e. The monoisotopic (exact) mass is 1100 g/mol. The van der Waals surface area contributed by atoms with Crippen molar-refractivity contribution < 1.29 is 28.6 Å². The Labute approximate surface area is 489 Å². The lowest BCUT2D eigenvalue weighted by atomic mass is 10.0. The molecular weight excluding hydrogens is 973 g/mol. The summed E-state index contributed by atoms with van der Waals surface area (Å²) in [6.07, 6.45) is 90.0. The van der Waals surface area contributed by atoms with E-state index in [1.807, 2.05) is 0 Å². The largest absolute Gasteiger partial charge is 0.462 e. The summed E-state index contributed by atoms with van der Waals surface area (Å²) in [7, 11) is 0. The SMILES string of the molecule is CC/C=C\C/C=C\C/C=C\C/C=C\CCCCCCC(=O)OC(COC(=O)CCCCCCC/C=C\CCCCCCCC)COC(=O)CCCCCCCCCCCCCCCC/C=C\C/C=C\C/C=C\CCCCCCC. The molecule has 6 heteroatoms. The molecule has 454 valence electrons. The molecule has 0 fully saturated rings. The third-order valence-corrected chi connectivity index (χ3v) is 14.5. The van der Waals surface area contributed by atoms with Gasteiger partial charge in [-0.3, -0.25) is 14.4 Å². The summed E-state index contributed by atoms with van der Waals surface area (Å²) < 4.78 is 16.9. The van der Waals surface area contributed by atoms with Crippen molar-refractivity contribution in [2.24, 2.45) is 0 Å². The number of hydrogen-bond acceptors (Lipinski definition) is 6. The number of carbonyl (C=O) groups excluding carboxylic acids is 3. The number of allylic oxidation sites excluding steroid dienone is 16. The molecular formula is C73H126O6. The minimum absolute atomic E-state index is 0.0893. The van der Waals surface area contributed by atoms with Crippen molar-refractivity contribution in [2.75, 3.05) is 13.2 Å². The van der Waals surface area contributed by atoms with Crippen molar-refractivity contribution in [3.8, 4) is 0 Å². The van der Waals surface area contributed by atoms with E-state index in [1.165, 1.54) is 173 Å². The number of hydrogen-bond donors (Lipinski definition) is 0. The molecule has 0 N–H and O–H groups in total. The molecule has 0 aromatic carbocycles. The summed E-state index contributed by atoms with van der Waals surface area (Å²) >= 11 is 0. The van der Waals surface area contributed by atoms with Crippen LogP contribution in [0.1, 0.15) is 329 Å². The van der Waals surface area contributed by atoms with Gasteiger partial charge in [0.25, 0.3) is 0 Å². The first-order valence-corrected chi connectivity index (χ1v) is 33.7. The minimum Gasteiger partial charge on any atom is -0.462 e. The van der Waals surface area contributed by atoms with E-state index in [9.17, 15) is 14.4 Å². The summed E-state index contributed by atoms with van der Waals surface area (Å²) in [5.41, 5.74) is 0. The minimum atomic E-state index is -0.796. The van der Waals surface area contributed by atoms with Gasteiger partial charge in [0.1, 0.15) is 13.2 Å². The second-order valence-electron chi connectivity index (χ2n) is 22.3. The standard InChI is InChI=1S/C73H126O6/c1-4-7-10-13-16-19-22-25-28-30-31-32-33-34-35-36-37-38-39-40-41-43-45-48-51-54-57-60-63-66-72(75)78-69-70(68-77-71(74)65-62-59-56-53-50-47-44-27-24-21-18-15-12-9-6-3)79-73(76)67-64-61-58-55-52-49-46-42-29-26-23-20-17-14-11-8-5-2/h8,11,17,20,22,25-27,29-31,33-34,44,46,49,70H,4-7,9-10,12-16,18-19,21,23-24,28,32,35-43,45,47-48,50-69H2,1-3H3/b11-8-,20-17-,25-22-,29-26-,31-30-,34-33-,44-27-,49-46-. The number of ether oxygens (including phenoxy) is 3. The van der Waals surface area contributed by atoms with Crippen LogP contribution in [0.5, 0.6) is 0 Å². The molecule has 1 atom stereocenters. The first-order valence-electron chi connectivity index (χ1n) is 33.7. The van der Waals surface area contributed by atoms with Gasteiger partial charge in [-0.05, 0) is 122 Å². The van der Waals surface area contributed by atoms with Crippen LogP contribution < -0.4 is 0 Å². The van der Waals surface area contributed by atoms with Crippen molar-refractivity contribution in [1.29, 1.82) is 0 Å². The van der Waals surface area contributed by atoms with Crippen LogP contribution in [0, 0.1) is 0 Å². The van der Waals surface area contributed by atoms with E-state index in [0.717, 1.165) is 116 Å². The molecule has 0 aromatic rings. The molecule has 0 radical (unpaired) electrons. The molecule has 0 saturated carbocycles. The van der Waals surface area contributed by atoms with E-state index in [1.54, 1.807) is 0 Å². The Balaban J connectivity index is 4.30. The Bertz CT molecular complexity index is 1540. The van der Waals surface area contributed by atoms with Gasteiger partial charge in [-0.2, -0.15) is 0 Å². The summed E-state index contributed by atoms with van der Waals surface area (Å²) in [6, 6.07) is 0. The molecule has 0 rings (SSSR count). The Hall–Kier alpha value is -3.67. The van der Waals surface area contributed by atoms with Gasteiger partial charge in [0.05, 0.1) is 0 Å². The van der Waals surface area contributed by atoms with Crippen LogP contribution in [-0.2, 0) is 28.6 Å². The van der Waals surface area contributed by atoms with Crippen LogP contribution in [0.4, 0.5) is 0 Å². The fourth-order valence-corrected chi connectivity index (χ4v) is 9.50. The van der Waals surface area contributed by atoms with Crippen LogP contribution in [0.2, 0.25) is 0 Å². The number of unbranched alkanes of at least 4 members (excludes halogenated alkanes) is 34. The van der Waals surface area contributed by atoms with Crippen molar-refractivity contribution in [2.45, 2.75) is 335 Å². The lowest BCUT2D eigenvalue weighted by molar-refractivity contribution is -0.167. The van der Waals surface area contributed by atoms with Crippen molar-refractivity contribution in [3.05, 3.63) is 97.2 Å². The normalized spacial score (nSPS) is 12.7. The molecule has 79 heavy (non-hydrogen) atoms. The molecule has 0 amide bonds. The molecule has 0 aliphatic carbocycles. The van der Waals surface area contributed by atoms with Crippen LogP contribution >= 0.6 is 0 Å². The second kappa shape index (κ2) is 66.8. The van der Waals surface area contributed by atoms with Gasteiger partial charge >= 0.3 is 17.9 Å². The highest BCUT2D eigenvalue weighted by molar-refractivity contribution is 5.71. The van der Waals surface area contributed by atoms with E-state index in [4.69, 9.17) is 14.2 Å². The molecule has 6 nitrogen and oxygen atoms in total. The van der Waals surface area contributed by atoms with Crippen LogP contribution in [-0.4, -0.2) is 37.2 Å². The Morgan fingerprint density at radius 3 is 0.785 bits per heavy atom. The molecule has 0 heterocycles. The summed E-state index contributed by atoms with van der Waals surface area (Å²) in [6.45, 7) is 6.51. The topological polar surface area (TPSA) is 78.9 Å². The van der Waals surface area contributed by atoms with Gasteiger partial charge in [-0.1, -0.05) is 285 Å². The van der Waals surface area contributed by atoms with Gasteiger partial charge in [0.15, 0.2) is 6.10 Å². The summed E-state index contributed by atoms with van der Waals surface area (Å²) in [5, 5.41) is 0. The Morgan fingerprint density at radius 2 is 0.494 bits per heavy atom. The molecule has 1 unspecified atom stereocenters. The van der Waals surface area contributed by atoms with E-state index in [-0.39, 0.29) is 31.1 Å². The zero-order valence-corrected chi connectivity index (χ0v) is 52.1. The zero-order valence-electron chi connectivity index (χ0n) is 52.1. The molecule has 0 aliphatic rings. The highest BCUT2D eigenvalue weighted by Gasteiger charge is 2.19. The number of carbonyl (C=O) groups is 3. The molecule has 0 spiro atoms. The van der Waals surface area contributed by atoms with Crippen LogP contribution in [0.3, 0.4) is 0 Å². The average molecular weight is 1100 g/mol. The Kier molecular flexibility index (Phi) is 63.7. The van der Waals surface area contributed by atoms with Gasteiger partial charge in [-0.15, -0.1) is 0 Å². The van der Waals surface area contributed by atoms with Crippen molar-refractivity contribution in [1.82, 2.24) is 0 Å². The zero-order chi connectivity index (χ0) is 57.1. The second-order valence-corrected chi connectivity index (χ2v) is 22.3. The lowest BCUT2D eigenvalue weighted by Crippen LogP contribution is -2.30. The fraction of sp³-hybridized carbons (Fsp3) is 0.740. The third kappa shape index (κ3) is 65.0. The van der Waals surface area contributed by atoms with Gasteiger partial charge < -0.3 is 14.2 Å². The molecule has 0 bridgehead atoms. The highest BCUT2D eigenvalue weighted by atomic mass is 16.6. The first-order chi connectivity index (χ1) is 39.0. The Morgan fingerprint density at radius 1 is 0.266 bits per heavy atom. The quantitative estimate of drug-likeness (QED) is 0.0261. The van der Waals surface area contributed by atoms with E-state index < -0.39 is 6.10 Å². The lowest BCUT2D eigenvalue weighted by Gasteiger charge is -2.18. The maximum atomic E-state index is 12.9. The van der Waals surface area contributed by atoms with Gasteiger partial charge in [-0.25, -0.2) is 0 Å². The smallest absolute Gasteiger partial charge is 0.306 e.